The number of pyridine rings is 2. The molecule has 0 aromatic carbocycles. The van der Waals surface area contributed by atoms with Gasteiger partial charge in [-0.15, -0.1) is 0 Å². The van der Waals surface area contributed by atoms with Gasteiger partial charge in [0.2, 0.25) is 0 Å². The third-order valence-electron chi connectivity index (χ3n) is 2.15. The van der Waals surface area contributed by atoms with Gasteiger partial charge in [0, 0.05) is 17.7 Å². The van der Waals surface area contributed by atoms with Crippen molar-refractivity contribution in [2.45, 2.75) is 5.33 Å². The van der Waals surface area contributed by atoms with Gasteiger partial charge in [0.25, 0.3) is 5.56 Å². The van der Waals surface area contributed by atoms with Crippen LogP contribution in [0.15, 0.2) is 39.9 Å². The highest BCUT2D eigenvalue weighted by Crippen LogP contribution is 2.14. The van der Waals surface area contributed by atoms with E-state index in [1.165, 1.54) is 22.9 Å². The Hall–Kier alpha value is -1.01. The van der Waals surface area contributed by atoms with Gasteiger partial charge in [-0.2, -0.15) is 0 Å². The molecule has 3 nitrogen and oxygen atoms in total. The molecule has 0 saturated carbocycles. The zero-order valence-electron chi connectivity index (χ0n) is 8.53. The molecule has 0 aliphatic rings. The zero-order valence-corrected chi connectivity index (χ0v) is 11.7. The molecular weight excluding hydrogens is 355 g/mol. The van der Waals surface area contributed by atoms with E-state index >= 15 is 0 Å². The van der Waals surface area contributed by atoms with Crippen LogP contribution < -0.4 is 5.56 Å². The van der Waals surface area contributed by atoms with Crippen molar-refractivity contribution >= 4 is 31.9 Å². The maximum atomic E-state index is 13.6. The highest BCUT2D eigenvalue weighted by molar-refractivity contribution is 9.10. The van der Waals surface area contributed by atoms with Crippen LogP contribution in [0.25, 0.3) is 5.82 Å². The fourth-order valence-corrected chi connectivity index (χ4v) is 2.18. The molecule has 0 unspecified atom stereocenters. The molecule has 2 aromatic heterocycles. The van der Waals surface area contributed by atoms with Crippen LogP contribution in [0.2, 0.25) is 0 Å². The summed E-state index contributed by atoms with van der Waals surface area (Å²) in [6.45, 7) is 0. The summed E-state index contributed by atoms with van der Waals surface area (Å²) in [7, 11) is 0. The smallest absolute Gasteiger partial charge is 0.268 e. The molecule has 0 saturated heterocycles. The second-order valence-electron chi connectivity index (χ2n) is 3.31. The molecule has 0 atom stereocenters. The first-order chi connectivity index (χ1) is 8.13. The fraction of sp³-hybridized carbons (Fsp3) is 0.0909. The summed E-state index contributed by atoms with van der Waals surface area (Å²) in [5.74, 6) is -0.533. The molecule has 6 heteroatoms. The van der Waals surface area contributed by atoms with Crippen LogP contribution in [-0.2, 0) is 5.33 Å². The van der Waals surface area contributed by atoms with Crippen LogP contribution in [0.4, 0.5) is 4.39 Å². The normalized spacial score (nSPS) is 10.5. The molecule has 0 aliphatic carbocycles. The summed E-state index contributed by atoms with van der Waals surface area (Å²) in [5.41, 5.74) is 0.508. The van der Waals surface area contributed by atoms with Crippen LogP contribution in [0.3, 0.4) is 0 Å². The van der Waals surface area contributed by atoms with Crippen LogP contribution in [0.5, 0.6) is 0 Å². The molecule has 88 valence electrons. The Morgan fingerprint density at radius 1 is 1.47 bits per heavy atom. The highest BCUT2D eigenvalue weighted by atomic mass is 79.9. The minimum absolute atomic E-state index is 0.000926. The summed E-state index contributed by atoms with van der Waals surface area (Å²) < 4.78 is 15.1. The number of hydrogen-bond acceptors (Lipinski definition) is 2. The second-order valence-corrected chi connectivity index (χ2v) is 4.73. The molecule has 0 fully saturated rings. The first-order valence-electron chi connectivity index (χ1n) is 4.71. The fourth-order valence-electron chi connectivity index (χ4n) is 1.39. The van der Waals surface area contributed by atoms with Crippen LogP contribution >= 0.6 is 31.9 Å². The standard InChI is InChI=1S/C11H7Br2FN2O/c12-5-7-4-8(13)11(17)16(6-7)10-9(14)2-1-3-15-10/h1-4,6H,5H2. The third-order valence-corrected chi connectivity index (χ3v) is 3.37. The van der Waals surface area contributed by atoms with Crippen molar-refractivity contribution in [2.75, 3.05) is 0 Å². The van der Waals surface area contributed by atoms with Crippen molar-refractivity contribution in [3.8, 4) is 5.82 Å². The minimum atomic E-state index is -0.534. The monoisotopic (exact) mass is 360 g/mol. The minimum Gasteiger partial charge on any atom is -0.268 e. The molecule has 17 heavy (non-hydrogen) atoms. The lowest BCUT2D eigenvalue weighted by Gasteiger charge is -2.08. The SMILES string of the molecule is O=c1c(Br)cc(CBr)cn1-c1ncccc1F. The molecule has 0 radical (unpaired) electrons. The maximum Gasteiger partial charge on any atom is 0.270 e. The topological polar surface area (TPSA) is 34.9 Å². The van der Waals surface area contributed by atoms with Gasteiger partial charge in [0.15, 0.2) is 11.6 Å². The van der Waals surface area contributed by atoms with Gasteiger partial charge in [-0.1, -0.05) is 15.9 Å². The van der Waals surface area contributed by atoms with Gasteiger partial charge in [-0.25, -0.2) is 9.37 Å². The molecule has 2 heterocycles. The Labute approximate surface area is 114 Å². The summed E-state index contributed by atoms with van der Waals surface area (Å²) in [5, 5.41) is 0.570. The summed E-state index contributed by atoms with van der Waals surface area (Å²) in [6, 6.07) is 4.44. The quantitative estimate of drug-likeness (QED) is 0.770. The Bertz CT molecular complexity index is 613. The van der Waals surface area contributed by atoms with Gasteiger partial charge < -0.3 is 0 Å². The van der Waals surface area contributed by atoms with Crippen molar-refractivity contribution in [3.05, 3.63) is 56.8 Å². The Morgan fingerprint density at radius 2 is 2.24 bits per heavy atom. The van der Waals surface area contributed by atoms with Crippen molar-refractivity contribution in [1.82, 2.24) is 9.55 Å². The van der Waals surface area contributed by atoms with Crippen molar-refractivity contribution in [3.63, 3.8) is 0 Å². The Kier molecular flexibility index (Phi) is 3.73. The molecule has 0 amide bonds. The predicted octanol–water partition coefficient (Wildman–Crippen LogP) is 3.03. The first kappa shape index (κ1) is 12.4. The van der Waals surface area contributed by atoms with Gasteiger partial charge in [0.05, 0.1) is 4.47 Å². The van der Waals surface area contributed by atoms with E-state index in [2.05, 4.69) is 36.8 Å². The number of aromatic nitrogens is 2. The Morgan fingerprint density at radius 3 is 2.88 bits per heavy atom. The maximum absolute atomic E-state index is 13.6. The number of halogens is 3. The van der Waals surface area contributed by atoms with E-state index in [-0.39, 0.29) is 11.4 Å². The van der Waals surface area contributed by atoms with Gasteiger partial charge in [-0.05, 0) is 39.7 Å². The van der Waals surface area contributed by atoms with Gasteiger partial charge in [0.1, 0.15) is 0 Å². The van der Waals surface area contributed by atoms with Crippen LogP contribution in [0.1, 0.15) is 5.56 Å². The highest BCUT2D eigenvalue weighted by Gasteiger charge is 2.10. The van der Waals surface area contributed by atoms with E-state index in [4.69, 9.17) is 0 Å². The van der Waals surface area contributed by atoms with Crippen molar-refractivity contribution in [2.24, 2.45) is 0 Å². The summed E-state index contributed by atoms with van der Waals surface area (Å²) in [6.07, 6.45) is 3.01. The van der Waals surface area contributed by atoms with Crippen molar-refractivity contribution in [1.29, 1.82) is 0 Å². The number of hydrogen-bond donors (Lipinski definition) is 0. The average Bonchev–Trinajstić information content (AvgIpc) is 2.33. The molecule has 0 aliphatic heterocycles. The van der Waals surface area contributed by atoms with Crippen LogP contribution in [-0.4, -0.2) is 9.55 Å². The number of rotatable bonds is 2. The zero-order chi connectivity index (χ0) is 12.4. The van der Waals surface area contributed by atoms with E-state index in [0.717, 1.165) is 5.56 Å². The molecule has 0 N–H and O–H groups in total. The molecule has 2 rings (SSSR count). The second kappa shape index (κ2) is 5.10. The summed E-state index contributed by atoms with van der Waals surface area (Å²) >= 11 is 6.45. The number of nitrogens with zero attached hydrogens (tertiary/aromatic N) is 2. The lowest BCUT2D eigenvalue weighted by molar-refractivity contribution is 0.606. The van der Waals surface area contributed by atoms with Gasteiger partial charge >= 0.3 is 0 Å². The van der Waals surface area contributed by atoms with Gasteiger partial charge in [-0.3, -0.25) is 9.36 Å². The molecule has 0 bridgehead atoms. The van der Waals surface area contributed by atoms with E-state index in [0.29, 0.717) is 9.80 Å². The number of alkyl halides is 1. The van der Waals surface area contributed by atoms with Crippen molar-refractivity contribution < 1.29 is 4.39 Å². The lowest BCUT2D eigenvalue weighted by Crippen LogP contribution is -2.21. The molecule has 2 aromatic rings. The third kappa shape index (κ3) is 2.47. The van der Waals surface area contributed by atoms with E-state index in [1.807, 2.05) is 0 Å². The summed E-state index contributed by atoms with van der Waals surface area (Å²) in [4.78, 5) is 15.8. The predicted molar refractivity (Wildman–Crippen MR) is 70.1 cm³/mol. The lowest BCUT2D eigenvalue weighted by atomic mass is 10.3. The molecular formula is C11H7Br2FN2O. The average molecular weight is 362 g/mol. The van der Waals surface area contributed by atoms with E-state index < -0.39 is 5.82 Å². The Balaban J connectivity index is 2.71. The van der Waals surface area contributed by atoms with Crippen LogP contribution in [0, 0.1) is 5.82 Å². The molecule has 0 spiro atoms. The largest absolute Gasteiger partial charge is 0.270 e. The van der Waals surface area contributed by atoms with E-state index in [9.17, 15) is 9.18 Å². The first-order valence-corrected chi connectivity index (χ1v) is 6.63. The van der Waals surface area contributed by atoms with E-state index in [1.54, 1.807) is 12.3 Å².